The van der Waals surface area contributed by atoms with Gasteiger partial charge in [0.05, 0.1) is 30.2 Å². The highest BCUT2D eigenvalue weighted by Gasteiger charge is 2.16. The Morgan fingerprint density at radius 3 is 2.37 bits per heavy atom. The topological polar surface area (TPSA) is 78.5 Å². The van der Waals surface area contributed by atoms with Crippen LogP contribution < -0.4 is 10.6 Å². The van der Waals surface area contributed by atoms with Crippen molar-refractivity contribution < 1.29 is 14.4 Å². The van der Waals surface area contributed by atoms with Crippen LogP contribution in [0.2, 0.25) is 10.0 Å². The van der Waals surface area contributed by atoms with E-state index >= 15 is 0 Å². The summed E-state index contributed by atoms with van der Waals surface area (Å²) < 4.78 is 0. The molecule has 8 heteroatoms. The fraction of sp³-hybridized carbons (Fsp3) is 0.227. The molecule has 0 unspecified atom stereocenters. The summed E-state index contributed by atoms with van der Waals surface area (Å²) in [6, 6.07) is 12.2. The molecule has 0 saturated carbocycles. The van der Waals surface area contributed by atoms with Gasteiger partial charge in [-0.05, 0) is 30.7 Å². The number of hydrogen-bond acceptors (Lipinski definition) is 3. The van der Waals surface area contributed by atoms with Gasteiger partial charge in [0, 0.05) is 11.6 Å². The van der Waals surface area contributed by atoms with E-state index in [4.69, 9.17) is 29.6 Å². The Morgan fingerprint density at radius 2 is 1.73 bits per heavy atom. The van der Waals surface area contributed by atoms with E-state index in [1.54, 1.807) is 0 Å². The zero-order valence-corrected chi connectivity index (χ0v) is 17.9. The van der Waals surface area contributed by atoms with E-state index in [-0.39, 0.29) is 36.1 Å². The van der Waals surface area contributed by atoms with Gasteiger partial charge in [-0.3, -0.25) is 14.4 Å². The summed E-state index contributed by atoms with van der Waals surface area (Å²) in [6.07, 6.45) is 5.36. The first-order chi connectivity index (χ1) is 14.3. The molecular weight excluding hydrogens is 425 g/mol. The molecule has 0 aromatic heterocycles. The van der Waals surface area contributed by atoms with Gasteiger partial charge in [0.2, 0.25) is 11.8 Å². The van der Waals surface area contributed by atoms with Crippen LogP contribution in [0, 0.1) is 19.3 Å². The number of nitrogens with one attached hydrogen (secondary N) is 2. The van der Waals surface area contributed by atoms with E-state index in [0.29, 0.717) is 11.6 Å². The number of amides is 3. The van der Waals surface area contributed by atoms with Gasteiger partial charge in [-0.25, -0.2) is 0 Å². The Hall–Kier alpha value is -3.01. The largest absolute Gasteiger partial charge is 0.345 e. The zero-order chi connectivity index (χ0) is 22.1. The van der Waals surface area contributed by atoms with Crippen molar-refractivity contribution in [2.45, 2.75) is 13.5 Å². The van der Waals surface area contributed by atoms with Crippen molar-refractivity contribution in [1.29, 1.82) is 0 Å². The van der Waals surface area contributed by atoms with Gasteiger partial charge in [-0.15, -0.1) is 6.42 Å². The molecule has 0 aliphatic rings. The van der Waals surface area contributed by atoms with E-state index in [2.05, 4.69) is 16.6 Å². The quantitative estimate of drug-likeness (QED) is 0.613. The average molecular weight is 446 g/mol. The lowest BCUT2D eigenvalue weighted by Gasteiger charge is -2.21. The summed E-state index contributed by atoms with van der Waals surface area (Å²) >= 11 is 11.8. The summed E-state index contributed by atoms with van der Waals surface area (Å²) in [7, 11) is 0. The lowest BCUT2D eigenvalue weighted by Crippen LogP contribution is -2.43. The predicted octanol–water partition coefficient (Wildman–Crippen LogP) is 2.81. The fourth-order valence-corrected chi connectivity index (χ4v) is 3.03. The number of nitrogens with zero attached hydrogens (tertiary/aromatic N) is 1. The fourth-order valence-electron chi connectivity index (χ4n) is 2.53. The van der Waals surface area contributed by atoms with Crippen molar-refractivity contribution in [2.75, 3.05) is 19.6 Å². The van der Waals surface area contributed by atoms with Crippen molar-refractivity contribution in [3.8, 4) is 12.3 Å². The van der Waals surface area contributed by atoms with Gasteiger partial charge in [0.15, 0.2) is 0 Å². The van der Waals surface area contributed by atoms with Crippen molar-refractivity contribution >= 4 is 40.9 Å². The molecule has 6 nitrogen and oxygen atoms in total. The summed E-state index contributed by atoms with van der Waals surface area (Å²) in [5.41, 5.74) is 2.24. The van der Waals surface area contributed by atoms with Crippen LogP contribution in [0.4, 0.5) is 0 Å². The molecule has 0 spiro atoms. The summed E-state index contributed by atoms with van der Waals surface area (Å²) in [5, 5.41) is 5.50. The Kier molecular flexibility index (Phi) is 8.72. The van der Waals surface area contributed by atoms with E-state index in [1.807, 2.05) is 31.2 Å². The molecule has 0 aliphatic carbocycles. The maximum atomic E-state index is 12.4. The van der Waals surface area contributed by atoms with E-state index in [9.17, 15) is 14.4 Å². The van der Waals surface area contributed by atoms with Crippen molar-refractivity contribution in [3.63, 3.8) is 0 Å². The molecule has 0 bridgehead atoms. The smallest absolute Gasteiger partial charge is 0.253 e. The Balaban J connectivity index is 1.84. The number of rotatable bonds is 8. The van der Waals surface area contributed by atoms with Gasteiger partial charge >= 0.3 is 0 Å². The van der Waals surface area contributed by atoms with Crippen LogP contribution >= 0.6 is 23.2 Å². The van der Waals surface area contributed by atoms with E-state index in [0.717, 1.165) is 11.1 Å². The highest BCUT2D eigenvalue weighted by molar-refractivity contribution is 6.36. The second-order valence-electron chi connectivity index (χ2n) is 6.52. The standard InChI is InChI=1S/C22H21Cl2N3O3/c1-3-10-27(14-16-6-4-15(2)5-7-16)21(29)13-25-20(28)12-26-22(30)18-9-8-17(23)11-19(18)24/h1,4-9,11H,10,12-14H2,2H3,(H,25,28)(H,26,30). The summed E-state index contributed by atoms with van der Waals surface area (Å²) in [4.78, 5) is 38.0. The van der Waals surface area contributed by atoms with Gasteiger partial charge in [0.1, 0.15) is 0 Å². The highest BCUT2D eigenvalue weighted by atomic mass is 35.5. The minimum absolute atomic E-state index is 0.119. The zero-order valence-electron chi connectivity index (χ0n) is 16.4. The number of hydrogen-bond donors (Lipinski definition) is 2. The summed E-state index contributed by atoms with van der Waals surface area (Å²) in [5.74, 6) is 1.09. The molecule has 0 fully saturated rings. The van der Waals surface area contributed by atoms with E-state index in [1.165, 1.54) is 23.1 Å². The summed E-state index contributed by atoms with van der Waals surface area (Å²) in [6.45, 7) is 1.89. The van der Waals surface area contributed by atoms with Gasteiger partial charge in [-0.1, -0.05) is 59.0 Å². The molecule has 0 radical (unpaired) electrons. The molecule has 2 aromatic rings. The van der Waals surface area contributed by atoms with Crippen LogP contribution in [0.25, 0.3) is 0 Å². The Bertz CT molecular complexity index is 969. The lowest BCUT2D eigenvalue weighted by molar-refractivity contribution is -0.132. The van der Waals surface area contributed by atoms with Crippen molar-refractivity contribution in [1.82, 2.24) is 15.5 Å². The highest BCUT2D eigenvalue weighted by Crippen LogP contribution is 2.20. The average Bonchev–Trinajstić information content (AvgIpc) is 2.71. The van der Waals surface area contributed by atoms with Crippen LogP contribution in [-0.4, -0.2) is 42.3 Å². The van der Waals surface area contributed by atoms with Crippen LogP contribution in [0.1, 0.15) is 21.5 Å². The predicted molar refractivity (Wildman–Crippen MR) is 117 cm³/mol. The number of carbonyl (C=O) groups is 3. The second-order valence-corrected chi connectivity index (χ2v) is 7.37. The minimum Gasteiger partial charge on any atom is -0.345 e. The van der Waals surface area contributed by atoms with Crippen LogP contribution in [0.3, 0.4) is 0 Å². The lowest BCUT2D eigenvalue weighted by atomic mass is 10.1. The number of carbonyl (C=O) groups excluding carboxylic acids is 3. The first-order valence-corrected chi connectivity index (χ1v) is 9.82. The molecule has 2 rings (SSSR count). The molecular formula is C22H21Cl2N3O3. The normalized spacial score (nSPS) is 10.1. The number of halogens is 2. The molecule has 0 saturated heterocycles. The van der Waals surface area contributed by atoms with Gasteiger partial charge in [0.25, 0.3) is 5.91 Å². The van der Waals surface area contributed by atoms with E-state index < -0.39 is 11.8 Å². The third-order valence-electron chi connectivity index (χ3n) is 4.15. The molecule has 2 aromatic carbocycles. The van der Waals surface area contributed by atoms with Crippen molar-refractivity contribution in [2.24, 2.45) is 0 Å². The van der Waals surface area contributed by atoms with Crippen LogP contribution in [0.5, 0.6) is 0 Å². The molecule has 0 aliphatic heterocycles. The first-order valence-electron chi connectivity index (χ1n) is 9.07. The maximum Gasteiger partial charge on any atom is 0.253 e. The number of terminal acetylenes is 1. The maximum absolute atomic E-state index is 12.4. The second kappa shape index (κ2) is 11.2. The molecule has 0 atom stereocenters. The first kappa shape index (κ1) is 23.3. The van der Waals surface area contributed by atoms with Gasteiger partial charge < -0.3 is 15.5 Å². The molecule has 2 N–H and O–H groups in total. The monoisotopic (exact) mass is 445 g/mol. The molecule has 0 heterocycles. The minimum atomic E-state index is -0.522. The SMILES string of the molecule is C#CCN(Cc1ccc(C)cc1)C(=O)CNC(=O)CNC(=O)c1ccc(Cl)cc1Cl. The third-order valence-corrected chi connectivity index (χ3v) is 4.70. The molecule has 156 valence electrons. The molecule has 30 heavy (non-hydrogen) atoms. The number of benzene rings is 2. The Morgan fingerprint density at radius 1 is 1.03 bits per heavy atom. The molecule has 3 amide bonds. The van der Waals surface area contributed by atoms with Crippen molar-refractivity contribution in [3.05, 3.63) is 69.2 Å². The van der Waals surface area contributed by atoms with Gasteiger partial charge in [-0.2, -0.15) is 0 Å². The third kappa shape index (κ3) is 7.11. The van der Waals surface area contributed by atoms with Crippen LogP contribution in [0.15, 0.2) is 42.5 Å². The Labute approximate surface area is 185 Å². The van der Waals surface area contributed by atoms with Crippen LogP contribution in [-0.2, 0) is 16.1 Å². The number of aryl methyl sites for hydroxylation is 1.